The topological polar surface area (TPSA) is 51.7 Å². The highest BCUT2D eigenvalue weighted by atomic mass is 32.1. The molecule has 0 N–H and O–H groups in total. The molecule has 186 valence electrons. The van der Waals surface area contributed by atoms with Crippen LogP contribution >= 0.6 is 11.3 Å². The normalized spacial score (nSPS) is 15.2. The van der Waals surface area contributed by atoms with Gasteiger partial charge in [-0.1, -0.05) is 18.2 Å². The number of carbonyl (C=O) groups is 1. The number of alkyl halides is 3. The predicted octanol–water partition coefficient (Wildman–Crippen LogP) is 5.93. The number of hydrogen-bond donors (Lipinski definition) is 0. The first-order valence-electron chi connectivity index (χ1n) is 11.5. The number of esters is 1. The predicted molar refractivity (Wildman–Crippen MR) is 129 cm³/mol. The first-order chi connectivity index (χ1) is 16.7. The van der Waals surface area contributed by atoms with Crippen molar-refractivity contribution in [3.63, 3.8) is 0 Å². The molecule has 2 heterocycles. The molecule has 1 aromatic heterocycles. The van der Waals surface area contributed by atoms with Gasteiger partial charge < -0.3 is 9.47 Å². The third-order valence-corrected chi connectivity index (χ3v) is 7.34. The molecule has 1 aliphatic heterocycles. The maximum Gasteiger partial charge on any atom is 0.416 e. The minimum atomic E-state index is -4.35. The van der Waals surface area contributed by atoms with Crippen LogP contribution in [0.3, 0.4) is 0 Å². The third-order valence-electron chi connectivity index (χ3n) is 6.12. The van der Waals surface area contributed by atoms with Crippen molar-refractivity contribution in [1.82, 2.24) is 9.88 Å². The highest BCUT2D eigenvalue weighted by molar-refractivity contribution is 7.15. The molecule has 0 saturated carbocycles. The van der Waals surface area contributed by atoms with E-state index < -0.39 is 11.7 Å². The molecule has 0 aliphatic carbocycles. The molecule has 1 aliphatic rings. The van der Waals surface area contributed by atoms with Crippen LogP contribution in [0.15, 0.2) is 48.7 Å². The Morgan fingerprint density at radius 1 is 1.11 bits per heavy atom. The van der Waals surface area contributed by atoms with Crippen molar-refractivity contribution in [2.45, 2.75) is 38.9 Å². The first-order valence-corrected chi connectivity index (χ1v) is 12.3. The van der Waals surface area contributed by atoms with Gasteiger partial charge in [-0.25, -0.2) is 9.78 Å². The molecule has 0 saturated heterocycles. The van der Waals surface area contributed by atoms with Gasteiger partial charge in [-0.15, -0.1) is 11.3 Å². The second-order valence-corrected chi connectivity index (χ2v) is 9.44. The molecule has 3 aromatic rings. The van der Waals surface area contributed by atoms with Gasteiger partial charge in [0, 0.05) is 35.8 Å². The van der Waals surface area contributed by atoms with Gasteiger partial charge in [-0.3, -0.25) is 4.90 Å². The fourth-order valence-electron chi connectivity index (χ4n) is 4.14. The summed E-state index contributed by atoms with van der Waals surface area (Å²) in [5.41, 5.74) is 2.48. The van der Waals surface area contributed by atoms with E-state index in [1.807, 2.05) is 18.3 Å². The molecular formula is C26H27F3N2O3S. The number of aromatic nitrogens is 1. The molecule has 9 heteroatoms. The van der Waals surface area contributed by atoms with Gasteiger partial charge in [0.2, 0.25) is 0 Å². The summed E-state index contributed by atoms with van der Waals surface area (Å²) in [7, 11) is 0. The molecule has 35 heavy (non-hydrogen) atoms. The molecule has 1 unspecified atom stereocenters. The van der Waals surface area contributed by atoms with Crippen LogP contribution in [0.5, 0.6) is 5.75 Å². The smallest absolute Gasteiger partial charge is 0.416 e. The molecule has 0 amide bonds. The molecule has 0 radical (unpaired) electrons. The first kappa shape index (κ1) is 25.2. The van der Waals surface area contributed by atoms with E-state index >= 15 is 0 Å². The fourth-order valence-corrected chi connectivity index (χ4v) is 5.14. The molecule has 5 nitrogen and oxygen atoms in total. The van der Waals surface area contributed by atoms with E-state index in [1.165, 1.54) is 34.6 Å². The minimum absolute atomic E-state index is 0.109. The Kier molecular flexibility index (Phi) is 7.76. The number of nitrogens with zero attached hydrogens (tertiary/aromatic N) is 2. The Morgan fingerprint density at radius 2 is 1.83 bits per heavy atom. The molecule has 1 atom stereocenters. The number of fused-ring (bicyclic) bond motifs is 1. The van der Waals surface area contributed by atoms with E-state index in [0.29, 0.717) is 22.9 Å². The zero-order valence-corrected chi connectivity index (χ0v) is 20.4. The van der Waals surface area contributed by atoms with Crippen molar-refractivity contribution >= 4 is 17.3 Å². The van der Waals surface area contributed by atoms with Crippen LogP contribution in [0.4, 0.5) is 13.2 Å². The van der Waals surface area contributed by atoms with Crippen molar-refractivity contribution in [2.75, 3.05) is 26.3 Å². The number of benzene rings is 2. The van der Waals surface area contributed by atoms with E-state index in [2.05, 4.69) is 22.9 Å². The number of carbonyl (C=O) groups excluding carboxylic acids is 1. The molecule has 0 bridgehead atoms. The average molecular weight is 505 g/mol. The Hall–Kier alpha value is -2.91. The Bertz CT molecular complexity index is 1160. The number of hydrogen-bond acceptors (Lipinski definition) is 6. The lowest BCUT2D eigenvalue weighted by Gasteiger charge is -2.26. The molecule has 0 spiro atoms. The van der Waals surface area contributed by atoms with E-state index in [4.69, 9.17) is 9.47 Å². The van der Waals surface area contributed by atoms with Crippen LogP contribution in [0, 0.1) is 0 Å². The highest BCUT2D eigenvalue weighted by Crippen LogP contribution is 2.35. The van der Waals surface area contributed by atoms with E-state index in [1.54, 1.807) is 6.92 Å². The van der Waals surface area contributed by atoms with Gasteiger partial charge >= 0.3 is 12.1 Å². The van der Waals surface area contributed by atoms with Crippen LogP contribution in [-0.2, 0) is 28.5 Å². The van der Waals surface area contributed by atoms with Crippen molar-refractivity contribution in [3.8, 4) is 16.3 Å². The van der Waals surface area contributed by atoms with Crippen LogP contribution < -0.4 is 4.74 Å². The molecule has 2 aromatic carbocycles. The van der Waals surface area contributed by atoms with E-state index in [0.717, 1.165) is 42.9 Å². The molecular weight excluding hydrogens is 477 g/mol. The van der Waals surface area contributed by atoms with Gasteiger partial charge in [0.05, 0.1) is 12.2 Å². The third kappa shape index (κ3) is 6.21. The summed E-state index contributed by atoms with van der Waals surface area (Å²) in [6.45, 7) is 5.84. The Balaban J connectivity index is 1.39. The van der Waals surface area contributed by atoms with E-state index in [9.17, 15) is 18.0 Å². The second kappa shape index (κ2) is 10.8. The van der Waals surface area contributed by atoms with Crippen LogP contribution in [-0.4, -0.2) is 42.2 Å². The largest absolute Gasteiger partial charge is 0.482 e. The van der Waals surface area contributed by atoms with Gasteiger partial charge in [-0.2, -0.15) is 13.2 Å². The van der Waals surface area contributed by atoms with Crippen molar-refractivity contribution in [2.24, 2.45) is 0 Å². The van der Waals surface area contributed by atoms with Crippen LogP contribution in [0.2, 0.25) is 0 Å². The summed E-state index contributed by atoms with van der Waals surface area (Å²) in [5.74, 6) is 0.268. The second-order valence-electron chi connectivity index (χ2n) is 8.38. The zero-order chi connectivity index (χ0) is 25.0. The summed E-state index contributed by atoms with van der Waals surface area (Å²) in [6, 6.07) is 11.2. The summed E-state index contributed by atoms with van der Waals surface area (Å²) in [6.07, 6.45) is -0.788. The molecule has 4 rings (SSSR count). The fraction of sp³-hybridized carbons (Fsp3) is 0.385. The van der Waals surface area contributed by atoms with Crippen molar-refractivity contribution < 1.29 is 27.4 Å². The minimum Gasteiger partial charge on any atom is -0.482 e. The van der Waals surface area contributed by atoms with Crippen LogP contribution in [0.25, 0.3) is 10.6 Å². The monoisotopic (exact) mass is 504 g/mol. The van der Waals surface area contributed by atoms with Crippen LogP contribution in [0.1, 0.15) is 41.5 Å². The number of ether oxygens (including phenoxy) is 2. The number of thiazole rings is 1. The van der Waals surface area contributed by atoms with E-state index in [-0.39, 0.29) is 18.6 Å². The lowest BCUT2D eigenvalue weighted by Crippen LogP contribution is -2.29. The summed E-state index contributed by atoms with van der Waals surface area (Å²) >= 11 is 1.51. The lowest BCUT2D eigenvalue weighted by molar-refractivity contribution is -0.145. The number of halogens is 3. The highest BCUT2D eigenvalue weighted by Gasteiger charge is 2.30. The standard InChI is InChI=1S/C26H27F3N2O3S/c1-3-33-24(32)16-34-22-9-6-18-10-12-31(13-11-20(18)14-22)17(2)23-15-30-25(35-23)19-4-7-21(8-5-19)26(27,28)29/h4-9,14-15,17H,3,10-13,16H2,1-2H3. The van der Waals surface area contributed by atoms with Gasteiger partial charge in [-0.05, 0) is 62.1 Å². The molecule has 0 fully saturated rings. The Labute approximate surface area is 206 Å². The summed E-state index contributed by atoms with van der Waals surface area (Å²) in [4.78, 5) is 19.5. The summed E-state index contributed by atoms with van der Waals surface area (Å²) < 4.78 is 49.0. The van der Waals surface area contributed by atoms with Gasteiger partial charge in [0.1, 0.15) is 10.8 Å². The maximum atomic E-state index is 12.8. The van der Waals surface area contributed by atoms with Gasteiger partial charge in [0.15, 0.2) is 6.61 Å². The maximum absolute atomic E-state index is 12.8. The average Bonchev–Trinajstić information content (AvgIpc) is 3.23. The van der Waals surface area contributed by atoms with Gasteiger partial charge in [0.25, 0.3) is 0 Å². The quantitative estimate of drug-likeness (QED) is 0.373. The number of rotatable bonds is 7. The lowest BCUT2D eigenvalue weighted by atomic mass is 10.0. The van der Waals surface area contributed by atoms with Crippen molar-refractivity contribution in [1.29, 1.82) is 0 Å². The SMILES string of the molecule is CCOC(=O)COc1ccc2c(c1)CCN(C(C)c1cnc(-c3ccc(C(F)(F)F)cc3)s1)CC2. The summed E-state index contributed by atoms with van der Waals surface area (Å²) in [5, 5.41) is 0.710. The van der Waals surface area contributed by atoms with Crippen molar-refractivity contribution in [3.05, 3.63) is 70.2 Å². The Morgan fingerprint density at radius 3 is 2.51 bits per heavy atom. The zero-order valence-electron chi connectivity index (χ0n) is 19.6.